The minimum Gasteiger partial charge on any atom is -0.146 e. The Bertz CT molecular complexity index is 528. The van der Waals surface area contributed by atoms with Gasteiger partial charge in [-0.1, -0.05) is 45.2 Å². The van der Waals surface area contributed by atoms with Crippen LogP contribution in [0, 0.1) is 13.8 Å². The molecule has 0 aliphatic carbocycles. The summed E-state index contributed by atoms with van der Waals surface area (Å²) < 4.78 is 0. The molecule has 0 aliphatic rings. The van der Waals surface area contributed by atoms with Crippen molar-refractivity contribution >= 4 is 50.5 Å². The Balaban J connectivity index is 2.51. The van der Waals surface area contributed by atoms with Gasteiger partial charge in [0.1, 0.15) is 0 Å². The number of halogens is 3. The van der Waals surface area contributed by atoms with Crippen LogP contribution >= 0.6 is 50.5 Å². The molecule has 0 aliphatic heterocycles. The largest absolute Gasteiger partial charge is 0.146 e. The lowest BCUT2D eigenvalue weighted by Gasteiger charge is -2.13. The van der Waals surface area contributed by atoms with Crippen LogP contribution in [0.25, 0.3) is 0 Å². The van der Waals surface area contributed by atoms with Crippen LogP contribution in [0.3, 0.4) is 0 Å². The van der Waals surface area contributed by atoms with Gasteiger partial charge in [-0.05, 0) is 37.6 Å². The second-order valence-electron chi connectivity index (χ2n) is 3.87. The predicted octanol–water partition coefficient (Wildman–Crippen LogP) is 6.16. The van der Waals surface area contributed by atoms with Gasteiger partial charge in [0.05, 0.1) is 4.83 Å². The second kappa shape index (κ2) is 5.31. The Kier molecular flexibility index (Phi) is 4.19. The number of rotatable bonds is 2. The van der Waals surface area contributed by atoms with Gasteiger partial charge in [-0.3, -0.25) is 0 Å². The lowest BCUT2D eigenvalue weighted by Crippen LogP contribution is -1.95. The smallest absolute Gasteiger partial charge is 0.0684 e. The van der Waals surface area contributed by atoms with Crippen LogP contribution in [0.15, 0.2) is 24.3 Å². The van der Waals surface area contributed by atoms with Crippen molar-refractivity contribution in [1.29, 1.82) is 0 Å². The van der Waals surface area contributed by atoms with E-state index in [0.717, 1.165) is 5.56 Å². The van der Waals surface area contributed by atoms with E-state index in [1.54, 1.807) is 11.3 Å². The van der Waals surface area contributed by atoms with Gasteiger partial charge in [0.25, 0.3) is 0 Å². The fourth-order valence-corrected chi connectivity index (χ4v) is 4.77. The average Bonchev–Trinajstić information content (AvgIpc) is 2.57. The van der Waals surface area contributed by atoms with E-state index in [1.807, 2.05) is 18.2 Å². The molecule has 1 unspecified atom stereocenters. The third-order valence-corrected chi connectivity index (χ3v) is 5.20. The van der Waals surface area contributed by atoms with Gasteiger partial charge in [0.2, 0.25) is 0 Å². The lowest BCUT2D eigenvalue weighted by molar-refractivity contribution is 1.17. The lowest BCUT2D eigenvalue weighted by atomic mass is 10.1. The van der Waals surface area contributed by atoms with Gasteiger partial charge in [0.15, 0.2) is 0 Å². The first-order valence-corrected chi connectivity index (χ1v) is 7.64. The summed E-state index contributed by atoms with van der Waals surface area (Å²) in [6.45, 7) is 4.22. The molecule has 0 spiro atoms. The van der Waals surface area contributed by atoms with Gasteiger partial charge in [-0.25, -0.2) is 0 Å². The summed E-state index contributed by atoms with van der Waals surface area (Å²) in [6, 6.07) is 7.77. The number of hydrogen-bond donors (Lipinski definition) is 0. The monoisotopic (exact) mass is 348 g/mol. The molecule has 0 nitrogen and oxygen atoms in total. The fourth-order valence-electron chi connectivity index (χ4n) is 1.81. The number of aryl methyl sites for hydroxylation is 2. The van der Waals surface area contributed by atoms with Crippen LogP contribution in [-0.2, 0) is 0 Å². The minimum absolute atomic E-state index is 0.0497. The van der Waals surface area contributed by atoms with E-state index in [9.17, 15) is 0 Å². The van der Waals surface area contributed by atoms with Gasteiger partial charge in [-0.2, -0.15) is 0 Å². The van der Waals surface area contributed by atoms with Crippen molar-refractivity contribution in [3.05, 3.63) is 55.2 Å². The first-order chi connectivity index (χ1) is 8.00. The van der Waals surface area contributed by atoms with Crippen molar-refractivity contribution in [2.75, 3.05) is 0 Å². The average molecular weight is 350 g/mol. The molecule has 1 heterocycles. The fraction of sp³-hybridized carbons (Fsp3) is 0.231. The highest BCUT2D eigenvalue weighted by Gasteiger charge is 2.20. The van der Waals surface area contributed by atoms with E-state index in [2.05, 4.69) is 35.8 Å². The quantitative estimate of drug-likeness (QED) is 0.570. The third kappa shape index (κ3) is 2.70. The van der Waals surface area contributed by atoms with Crippen molar-refractivity contribution < 1.29 is 0 Å². The highest BCUT2D eigenvalue weighted by Crippen LogP contribution is 2.42. The zero-order valence-corrected chi connectivity index (χ0v) is 13.3. The molecule has 2 rings (SSSR count). The summed E-state index contributed by atoms with van der Waals surface area (Å²) in [5.74, 6) is 0. The van der Waals surface area contributed by atoms with Crippen LogP contribution in [0.5, 0.6) is 0 Å². The van der Waals surface area contributed by atoms with Crippen molar-refractivity contribution in [2.45, 2.75) is 18.7 Å². The number of alkyl halides is 1. The summed E-state index contributed by atoms with van der Waals surface area (Å²) in [6.07, 6.45) is 0. The summed E-state index contributed by atoms with van der Waals surface area (Å²) in [4.78, 5) is 2.64. The van der Waals surface area contributed by atoms with Crippen LogP contribution in [0.2, 0.25) is 10.0 Å². The molecule has 0 bridgehead atoms. The summed E-state index contributed by atoms with van der Waals surface area (Å²) in [5.41, 5.74) is 2.18. The maximum Gasteiger partial charge on any atom is 0.0684 e. The van der Waals surface area contributed by atoms with Crippen molar-refractivity contribution in [2.24, 2.45) is 0 Å². The number of benzene rings is 1. The van der Waals surface area contributed by atoms with Crippen molar-refractivity contribution in [3.8, 4) is 0 Å². The number of thiophene rings is 1. The molecular weight excluding hydrogens is 339 g/mol. The molecule has 0 saturated heterocycles. The molecule has 90 valence electrons. The molecule has 0 fully saturated rings. The molecule has 0 radical (unpaired) electrons. The normalized spacial score (nSPS) is 12.8. The zero-order valence-electron chi connectivity index (χ0n) is 9.43. The van der Waals surface area contributed by atoms with E-state index in [1.165, 1.54) is 15.3 Å². The van der Waals surface area contributed by atoms with E-state index < -0.39 is 0 Å². The van der Waals surface area contributed by atoms with E-state index >= 15 is 0 Å². The second-order valence-corrected chi connectivity index (χ2v) is 7.06. The minimum atomic E-state index is 0.0497. The molecule has 0 saturated carbocycles. The Morgan fingerprint density at radius 2 is 1.76 bits per heavy atom. The molecule has 0 amide bonds. The Morgan fingerprint density at radius 3 is 2.24 bits per heavy atom. The molecule has 4 heteroatoms. The Morgan fingerprint density at radius 1 is 1.18 bits per heavy atom. The molecule has 1 aromatic carbocycles. The van der Waals surface area contributed by atoms with Crippen LogP contribution in [-0.4, -0.2) is 0 Å². The molecule has 2 aromatic rings. The van der Waals surface area contributed by atoms with Crippen LogP contribution < -0.4 is 0 Å². The first-order valence-electron chi connectivity index (χ1n) is 5.15. The van der Waals surface area contributed by atoms with E-state index in [-0.39, 0.29) is 4.83 Å². The topological polar surface area (TPSA) is 0 Å². The van der Waals surface area contributed by atoms with E-state index in [4.69, 9.17) is 23.2 Å². The Labute approximate surface area is 124 Å². The Hall–Kier alpha value is -0.0200. The maximum absolute atomic E-state index is 6.22. The molecule has 1 atom stereocenters. The summed E-state index contributed by atoms with van der Waals surface area (Å²) >= 11 is 17.9. The summed E-state index contributed by atoms with van der Waals surface area (Å²) in [7, 11) is 0. The zero-order chi connectivity index (χ0) is 12.6. The van der Waals surface area contributed by atoms with Gasteiger partial charge in [0, 0.05) is 25.4 Å². The summed E-state index contributed by atoms with van der Waals surface area (Å²) in [5, 5.41) is 1.39. The molecular formula is C13H11BrCl2S. The molecule has 17 heavy (non-hydrogen) atoms. The molecule has 1 aromatic heterocycles. The van der Waals surface area contributed by atoms with Gasteiger partial charge < -0.3 is 0 Å². The predicted molar refractivity (Wildman–Crippen MR) is 81.0 cm³/mol. The standard InChI is InChI=1S/C13H11BrCl2S/c1-7-6-9(8(2)17-7)13(14)12-10(15)4-3-5-11(12)16/h3-6,13H,1-2H3. The van der Waals surface area contributed by atoms with Crippen molar-refractivity contribution in [1.82, 2.24) is 0 Å². The van der Waals surface area contributed by atoms with Crippen LogP contribution in [0.4, 0.5) is 0 Å². The van der Waals surface area contributed by atoms with Crippen LogP contribution in [0.1, 0.15) is 25.7 Å². The third-order valence-electron chi connectivity index (χ3n) is 2.61. The molecule has 0 N–H and O–H groups in total. The highest BCUT2D eigenvalue weighted by molar-refractivity contribution is 9.09. The SMILES string of the molecule is Cc1cc(C(Br)c2c(Cl)cccc2Cl)c(C)s1. The van der Waals surface area contributed by atoms with Gasteiger partial charge >= 0.3 is 0 Å². The van der Waals surface area contributed by atoms with Gasteiger partial charge in [-0.15, -0.1) is 11.3 Å². The van der Waals surface area contributed by atoms with E-state index in [0.29, 0.717) is 10.0 Å². The highest BCUT2D eigenvalue weighted by atomic mass is 79.9. The maximum atomic E-state index is 6.22. The van der Waals surface area contributed by atoms with Crippen molar-refractivity contribution in [3.63, 3.8) is 0 Å². The number of hydrogen-bond acceptors (Lipinski definition) is 1. The first kappa shape index (κ1) is 13.4.